The maximum Gasteiger partial charge on any atom is 0.220 e. The van der Waals surface area contributed by atoms with Crippen molar-refractivity contribution in [3.8, 4) is 11.3 Å². The molecule has 0 saturated heterocycles. The summed E-state index contributed by atoms with van der Waals surface area (Å²) < 4.78 is 2.30. The summed E-state index contributed by atoms with van der Waals surface area (Å²) in [6, 6.07) is 36.7. The number of aromatic nitrogens is 1. The van der Waals surface area contributed by atoms with Gasteiger partial charge in [0.1, 0.15) is 18.2 Å². The lowest BCUT2D eigenvalue weighted by Gasteiger charge is -2.13. The highest BCUT2D eigenvalue weighted by atomic mass is 35.5. The minimum absolute atomic E-state index is 0. The highest BCUT2D eigenvalue weighted by Gasteiger charge is 2.23. The highest BCUT2D eigenvalue weighted by Crippen LogP contribution is 2.34. The van der Waals surface area contributed by atoms with E-state index < -0.39 is 0 Å². The fraction of sp³-hybridized carbons (Fsp3) is 0.0571. The van der Waals surface area contributed by atoms with Gasteiger partial charge in [-0.15, -0.1) is 22.6 Å². The van der Waals surface area contributed by atoms with Crippen LogP contribution in [-0.2, 0) is 6.54 Å². The van der Waals surface area contributed by atoms with E-state index in [0.717, 1.165) is 50.9 Å². The number of nitrogens with one attached hydrogen (secondary N) is 4. The molecule has 1 heterocycles. The van der Waals surface area contributed by atoms with Crippen LogP contribution in [0.5, 0.6) is 0 Å². The van der Waals surface area contributed by atoms with Gasteiger partial charge in [-0.25, -0.2) is 0 Å². The molecule has 0 fully saturated rings. The predicted molar refractivity (Wildman–Crippen MR) is 191 cm³/mol. The van der Waals surface area contributed by atoms with Crippen molar-refractivity contribution in [1.29, 1.82) is 10.8 Å². The number of hydrogen-bond acceptors (Lipinski definition) is 6. The zero-order chi connectivity index (χ0) is 32.0. The molecule has 8 N–H and O–H groups in total. The van der Waals surface area contributed by atoms with Crippen molar-refractivity contribution in [3.05, 3.63) is 126 Å². The van der Waals surface area contributed by atoms with Gasteiger partial charge in [0.15, 0.2) is 0 Å². The van der Waals surface area contributed by atoms with Crippen molar-refractivity contribution in [2.45, 2.75) is 13.5 Å². The molecule has 48 heavy (non-hydrogen) atoms. The molecule has 0 unspecified atom stereocenters. The Morgan fingerprint density at radius 3 is 1.73 bits per heavy atom. The van der Waals surface area contributed by atoms with Crippen molar-refractivity contribution in [3.63, 3.8) is 0 Å². The molecule has 0 aliphatic carbocycles. The molecule has 5 aromatic carbocycles. The Kier molecular flexibility index (Phi) is 11.4. The fourth-order valence-electron chi connectivity index (χ4n) is 5.35. The third-order valence-corrected chi connectivity index (χ3v) is 7.49. The first-order valence-electron chi connectivity index (χ1n) is 14.6. The van der Waals surface area contributed by atoms with Crippen LogP contribution in [0.4, 0.5) is 22.7 Å². The van der Waals surface area contributed by atoms with Gasteiger partial charge in [0, 0.05) is 28.1 Å². The largest absolute Gasteiger partial charge is 1.00 e. The highest BCUT2D eigenvalue weighted by molar-refractivity contribution is 6.10. The zero-order valence-electron chi connectivity index (χ0n) is 25.9. The molecule has 6 aromatic rings. The number of rotatable bonds is 10. The summed E-state index contributed by atoms with van der Waals surface area (Å²) in [5.41, 5.74) is 24.5. The maximum absolute atomic E-state index is 7.66. The number of halogens is 2. The molecule has 0 aliphatic rings. The number of pyridine rings is 1. The molecule has 0 radical (unpaired) electrons. The molecule has 13 heteroatoms. The van der Waals surface area contributed by atoms with Gasteiger partial charge in [-0.05, 0) is 67.6 Å². The van der Waals surface area contributed by atoms with Crippen LogP contribution in [0.3, 0.4) is 0 Å². The van der Waals surface area contributed by atoms with Crippen molar-refractivity contribution in [2.24, 2.45) is 32.1 Å². The maximum atomic E-state index is 7.66. The smallest absolute Gasteiger partial charge is 0.220 e. The summed E-state index contributed by atoms with van der Waals surface area (Å²) in [4.78, 5) is 0. The number of benzene rings is 5. The number of nitrogens with zero attached hydrogens (tertiary/aromatic N) is 5. The second-order valence-corrected chi connectivity index (χ2v) is 10.5. The molecule has 0 aliphatic heterocycles. The van der Waals surface area contributed by atoms with Crippen molar-refractivity contribution in [2.75, 3.05) is 10.9 Å². The van der Waals surface area contributed by atoms with Gasteiger partial charge in [0.05, 0.1) is 33.5 Å². The Hall–Kier alpha value is -5.91. The van der Waals surface area contributed by atoms with Crippen molar-refractivity contribution < 1.29 is 17.0 Å². The van der Waals surface area contributed by atoms with Crippen LogP contribution >= 0.6 is 12.4 Å². The molecule has 1 aromatic heterocycles. The first-order chi connectivity index (χ1) is 22.4. The van der Waals surface area contributed by atoms with Gasteiger partial charge >= 0.3 is 0 Å². The predicted octanol–water partition coefficient (Wildman–Crippen LogP) is 5.18. The molecule has 0 atom stereocenters. The number of anilines is 2. The zero-order valence-corrected chi connectivity index (χ0v) is 27.4. The molecule has 11 nitrogen and oxygen atoms in total. The lowest BCUT2D eigenvalue weighted by Crippen LogP contribution is -3.00. The third-order valence-electron chi connectivity index (χ3n) is 7.49. The molecule has 0 amide bonds. The number of fused-ring (bicyclic) bond motifs is 3. The Labute approximate surface area is 289 Å². The Bertz CT molecular complexity index is 2170. The number of amidine groups is 2. The Morgan fingerprint density at radius 1 is 0.646 bits per heavy atom. The third kappa shape index (κ3) is 7.55. The first-order valence-corrected chi connectivity index (χ1v) is 14.6. The van der Waals surface area contributed by atoms with E-state index in [1.807, 2.05) is 30.3 Å². The van der Waals surface area contributed by atoms with E-state index in [1.165, 1.54) is 0 Å². The molecule has 242 valence electrons. The van der Waals surface area contributed by atoms with Crippen LogP contribution in [0.1, 0.15) is 18.1 Å². The van der Waals surface area contributed by atoms with E-state index in [4.69, 9.17) is 22.3 Å². The minimum atomic E-state index is -0.0202. The minimum Gasteiger partial charge on any atom is -1.00 e. The average Bonchev–Trinajstić information content (AvgIpc) is 3.08. The summed E-state index contributed by atoms with van der Waals surface area (Å²) in [6.45, 7) is 2.86. The van der Waals surface area contributed by atoms with E-state index >= 15 is 0 Å². The van der Waals surface area contributed by atoms with Gasteiger partial charge in [-0.1, -0.05) is 59.0 Å². The number of hydrogen-bond donors (Lipinski definition) is 6. The molecule has 0 bridgehead atoms. The molecular weight excluding hydrogens is 645 g/mol. The average molecular weight is 679 g/mol. The van der Waals surface area contributed by atoms with Crippen molar-refractivity contribution in [1.82, 2.24) is 0 Å². The second kappa shape index (κ2) is 15.6. The van der Waals surface area contributed by atoms with Gasteiger partial charge in [0.25, 0.3) is 0 Å². The molecule has 6 rings (SSSR count). The van der Waals surface area contributed by atoms with Crippen LogP contribution in [0.25, 0.3) is 32.9 Å². The van der Waals surface area contributed by atoms with Crippen LogP contribution in [0, 0.1) is 10.8 Å². The summed E-state index contributed by atoms with van der Waals surface area (Å²) in [7, 11) is 0. The van der Waals surface area contributed by atoms with E-state index in [0.29, 0.717) is 22.5 Å². The molecule has 0 spiro atoms. The van der Waals surface area contributed by atoms with Crippen LogP contribution in [0.2, 0.25) is 0 Å². The summed E-state index contributed by atoms with van der Waals surface area (Å²) >= 11 is 0. The normalized spacial score (nSPS) is 10.9. The van der Waals surface area contributed by atoms with Crippen LogP contribution in [0.15, 0.2) is 136 Å². The number of aryl methyl sites for hydroxylation is 1. The van der Waals surface area contributed by atoms with E-state index in [-0.39, 0.29) is 36.5 Å². The standard InChI is InChI=1S/C35H31N11.2ClH/c1-2-46-32-21-28(43-45-41-26-13-7-11-24(19-26)35(38)39)15-17-30(32)29-16-14-27(20-31(29)33(46)22-8-4-3-5-9-22)42-44-40-25-12-6-10-23(18-25)34(36)37;;/h3-21H,2H2,1H3,(H7,36,37,38,39,40,42);2*1H. The van der Waals surface area contributed by atoms with E-state index in [1.54, 1.807) is 48.5 Å². The molecule has 0 saturated carbocycles. The monoisotopic (exact) mass is 677 g/mol. The molecular formula is C35H33Cl2N11. The van der Waals surface area contributed by atoms with Gasteiger partial charge in [-0.2, -0.15) is 4.57 Å². The summed E-state index contributed by atoms with van der Waals surface area (Å²) in [5.74, 6) is -0.0398. The van der Waals surface area contributed by atoms with Gasteiger partial charge in [-0.3, -0.25) is 21.7 Å². The van der Waals surface area contributed by atoms with E-state index in [2.05, 4.69) is 79.4 Å². The Balaban J connectivity index is 0.00000260. The van der Waals surface area contributed by atoms with Gasteiger partial charge in [0.2, 0.25) is 11.2 Å². The fourth-order valence-corrected chi connectivity index (χ4v) is 5.35. The topological polar surface area (TPSA) is 177 Å². The SMILES string of the molecule is CC[n+]1c(-c2ccccc2)c2cc(NN=Nc3cccc(C(=N)N)c3)ccc2c2ccc(NN=Nc3cccc(C(=N)N)c3)cc21.Cl.[Cl-]. The second-order valence-electron chi connectivity index (χ2n) is 10.5. The summed E-state index contributed by atoms with van der Waals surface area (Å²) in [6.07, 6.45) is 0. The lowest BCUT2D eigenvalue weighted by atomic mass is 9.98. The van der Waals surface area contributed by atoms with Crippen LogP contribution < -0.4 is 39.3 Å². The first kappa shape index (κ1) is 35.0. The van der Waals surface area contributed by atoms with Gasteiger partial charge < -0.3 is 23.9 Å². The lowest BCUT2D eigenvalue weighted by molar-refractivity contribution is -0.655. The number of nitrogen functional groups attached to an aromatic ring is 2. The summed E-state index contributed by atoms with van der Waals surface area (Å²) in [5, 5.41) is 35.5. The Morgan fingerprint density at radius 2 is 1.19 bits per heavy atom. The quantitative estimate of drug-likeness (QED) is 0.0292. The van der Waals surface area contributed by atoms with Crippen molar-refractivity contribution >= 4 is 68.5 Å². The van der Waals surface area contributed by atoms with Crippen LogP contribution in [-0.4, -0.2) is 11.7 Å². The number of nitrogens with two attached hydrogens (primary N) is 2. The van der Waals surface area contributed by atoms with E-state index in [9.17, 15) is 0 Å².